The normalized spacial score (nSPS) is 15.4. The van der Waals surface area contributed by atoms with Crippen LogP contribution in [0.4, 0.5) is 15.8 Å². The number of carbonyl (C=O) groups is 2. The van der Waals surface area contributed by atoms with Crippen LogP contribution in [-0.2, 0) is 4.79 Å². The van der Waals surface area contributed by atoms with Crippen molar-refractivity contribution in [1.82, 2.24) is 0 Å². The van der Waals surface area contributed by atoms with E-state index in [0.29, 0.717) is 22.7 Å². The van der Waals surface area contributed by atoms with E-state index in [9.17, 15) is 14.0 Å². The predicted molar refractivity (Wildman–Crippen MR) is 106 cm³/mol. The number of halogens is 1. The number of carboxylic acid groups (broad SMARTS) is 1. The highest BCUT2D eigenvalue weighted by Gasteiger charge is 2.34. The summed E-state index contributed by atoms with van der Waals surface area (Å²) in [6.07, 6.45) is -0.531. The molecule has 29 heavy (non-hydrogen) atoms. The van der Waals surface area contributed by atoms with Crippen molar-refractivity contribution in [3.63, 3.8) is 0 Å². The Labute approximate surface area is 166 Å². The molecule has 1 aliphatic heterocycles. The zero-order valence-corrected chi connectivity index (χ0v) is 15.2. The molecular weight excluding hydrogens is 375 g/mol. The van der Waals surface area contributed by atoms with Gasteiger partial charge in [0.2, 0.25) is 0 Å². The Morgan fingerprint density at radius 2 is 1.72 bits per heavy atom. The molecule has 0 saturated carbocycles. The highest BCUT2D eigenvalue weighted by molar-refractivity contribution is 6.12. The van der Waals surface area contributed by atoms with Crippen LogP contribution in [0, 0.1) is 5.82 Å². The molecule has 0 aromatic heterocycles. The van der Waals surface area contributed by atoms with E-state index < -0.39 is 18.7 Å². The zero-order chi connectivity index (χ0) is 20.4. The number of amides is 1. The van der Waals surface area contributed by atoms with E-state index in [2.05, 4.69) is 5.32 Å². The van der Waals surface area contributed by atoms with Crippen molar-refractivity contribution in [2.75, 3.05) is 16.8 Å². The number of para-hydroxylation sites is 1. The molecule has 0 saturated heterocycles. The third-order valence-electron chi connectivity index (χ3n) is 4.59. The van der Waals surface area contributed by atoms with Crippen molar-refractivity contribution in [3.05, 3.63) is 89.7 Å². The maximum atomic E-state index is 13.4. The fraction of sp³-hybridized carbons (Fsp3) is 0.0909. The summed E-state index contributed by atoms with van der Waals surface area (Å²) < 4.78 is 18.6. The standard InChI is InChI=1S/C22H17FN2O4/c23-15-7-9-16(10-8-15)25-21(24-19-4-2-1-3-18(19)22(25)28)14-5-11-17(12-6-14)29-13-20(26)27/h1-12,21,24H,13H2,(H,26,27)/t21-/m0/s1. The molecule has 1 atom stereocenters. The molecule has 2 N–H and O–H groups in total. The minimum absolute atomic E-state index is 0.206. The average molecular weight is 392 g/mol. The molecule has 3 aromatic carbocycles. The van der Waals surface area contributed by atoms with Gasteiger partial charge in [-0.05, 0) is 54.1 Å². The van der Waals surface area contributed by atoms with E-state index in [1.807, 2.05) is 12.1 Å². The number of hydrogen-bond donors (Lipinski definition) is 2. The Morgan fingerprint density at radius 1 is 1.03 bits per heavy atom. The number of aliphatic carboxylic acids is 1. The lowest BCUT2D eigenvalue weighted by molar-refractivity contribution is -0.139. The van der Waals surface area contributed by atoms with Crippen LogP contribution < -0.4 is 15.0 Å². The first kappa shape index (κ1) is 18.5. The molecule has 0 unspecified atom stereocenters. The molecule has 1 heterocycles. The van der Waals surface area contributed by atoms with Crippen LogP contribution in [-0.4, -0.2) is 23.6 Å². The molecule has 6 nitrogen and oxygen atoms in total. The lowest BCUT2D eigenvalue weighted by Crippen LogP contribution is -2.43. The molecule has 7 heteroatoms. The van der Waals surface area contributed by atoms with Gasteiger partial charge in [0.05, 0.1) is 5.56 Å². The lowest BCUT2D eigenvalue weighted by Gasteiger charge is -2.38. The number of nitrogens with one attached hydrogen (secondary N) is 1. The summed E-state index contributed by atoms with van der Waals surface area (Å²) >= 11 is 0. The van der Waals surface area contributed by atoms with Crippen molar-refractivity contribution in [2.24, 2.45) is 0 Å². The first-order chi connectivity index (χ1) is 14.0. The predicted octanol–water partition coefficient (Wildman–Crippen LogP) is 4.06. The Bertz CT molecular complexity index is 1050. The summed E-state index contributed by atoms with van der Waals surface area (Å²) in [6, 6.07) is 19.7. The van der Waals surface area contributed by atoms with E-state index >= 15 is 0 Å². The number of benzene rings is 3. The van der Waals surface area contributed by atoms with Gasteiger partial charge in [-0.15, -0.1) is 0 Å². The monoisotopic (exact) mass is 392 g/mol. The van der Waals surface area contributed by atoms with Crippen molar-refractivity contribution in [3.8, 4) is 5.75 Å². The topological polar surface area (TPSA) is 78.9 Å². The summed E-state index contributed by atoms with van der Waals surface area (Å²) in [7, 11) is 0. The number of ether oxygens (including phenoxy) is 1. The second-order valence-corrected chi connectivity index (χ2v) is 6.50. The van der Waals surface area contributed by atoms with E-state index in [4.69, 9.17) is 9.84 Å². The largest absolute Gasteiger partial charge is 0.482 e. The highest BCUT2D eigenvalue weighted by Crippen LogP contribution is 2.37. The van der Waals surface area contributed by atoms with Crippen molar-refractivity contribution in [2.45, 2.75) is 6.17 Å². The van der Waals surface area contributed by atoms with Gasteiger partial charge in [0.25, 0.3) is 5.91 Å². The van der Waals surface area contributed by atoms with Gasteiger partial charge in [-0.1, -0.05) is 24.3 Å². The number of carboxylic acids is 1. The lowest BCUT2D eigenvalue weighted by atomic mass is 10.0. The first-order valence-electron chi connectivity index (χ1n) is 8.92. The molecule has 0 spiro atoms. The van der Waals surface area contributed by atoms with Gasteiger partial charge in [0, 0.05) is 11.4 Å². The molecule has 4 rings (SSSR count). The Kier molecular flexibility index (Phi) is 4.87. The third-order valence-corrected chi connectivity index (χ3v) is 4.59. The molecule has 1 aliphatic rings. The molecular formula is C22H17FN2O4. The zero-order valence-electron chi connectivity index (χ0n) is 15.2. The Morgan fingerprint density at radius 3 is 2.41 bits per heavy atom. The number of nitrogens with zero attached hydrogens (tertiary/aromatic N) is 1. The van der Waals surface area contributed by atoms with E-state index in [0.717, 1.165) is 5.56 Å². The maximum Gasteiger partial charge on any atom is 0.341 e. The summed E-state index contributed by atoms with van der Waals surface area (Å²) in [4.78, 5) is 25.5. The molecule has 1 amide bonds. The van der Waals surface area contributed by atoms with Crippen LogP contribution in [0.25, 0.3) is 0 Å². The third kappa shape index (κ3) is 3.75. The van der Waals surface area contributed by atoms with Gasteiger partial charge < -0.3 is 15.2 Å². The van der Waals surface area contributed by atoms with Gasteiger partial charge in [-0.25, -0.2) is 9.18 Å². The van der Waals surface area contributed by atoms with Gasteiger partial charge in [-0.2, -0.15) is 0 Å². The quantitative estimate of drug-likeness (QED) is 0.685. The number of carbonyl (C=O) groups excluding carboxylic acids is 1. The number of anilines is 2. The van der Waals surface area contributed by atoms with Gasteiger partial charge in [-0.3, -0.25) is 9.69 Å². The van der Waals surface area contributed by atoms with Crippen molar-refractivity contribution < 1.29 is 23.8 Å². The fourth-order valence-electron chi connectivity index (χ4n) is 3.25. The number of fused-ring (bicyclic) bond motifs is 1. The number of rotatable bonds is 5. The van der Waals surface area contributed by atoms with Gasteiger partial charge in [0.15, 0.2) is 6.61 Å². The fourth-order valence-corrected chi connectivity index (χ4v) is 3.25. The van der Waals surface area contributed by atoms with Crippen LogP contribution >= 0.6 is 0 Å². The van der Waals surface area contributed by atoms with E-state index in [1.165, 1.54) is 12.1 Å². The highest BCUT2D eigenvalue weighted by atomic mass is 19.1. The molecule has 146 valence electrons. The second-order valence-electron chi connectivity index (χ2n) is 6.50. The van der Waals surface area contributed by atoms with Crippen LogP contribution in [0.15, 0.2) is 72.8 Å². The molecule has 0 fully saturated rings. The van der Waals surface area contributed by atoms with Gasteiger partial charge in [0.1, 0.15) is 17.7 Å². The summed E-state index contributed by atoms with van der Waals surface area (Å²) in [5.41, 5.74) is 2.54. The van der Waals surface area contributed by atoms with E-state index in [1.54, 1.807) is 53.4 Å². The summed E-state index contributed by atoms with van der Waals surface area (Å²) in [6.45, 7) is -0.436. The maximum absolute atomic E-state index is 13.4. The number of hydrogen-bond acceptors (Lipinski definition) is 4. The first-order valence-corrected chi connectivity index (χ1v) is 8.92. The molecule has 0 bridgehead atoms. The Hall–Kier alpha value is -3.87. The smallest absolute Gasteiger partial charge is 0.341 e. The van der Waals surface area contributed by atoms with Crippen LogP contribution in [0.2, 0.25) is 0 Å². The van der Waals surface area contributed by atoms with E-state index in [-0.39, 0.29) is 11.7 Å². The van der Waals surface area contributed by atoms with Gasteiger partial charge >= 0.3 is 5.97 Å². The minimum atomic E-state index is -1.06. The molecule has 0 aliphatic carbocycles. The second kappa shape index (κ2) is 7.63. The van der Waals surface area contributed by atoms with Crippen LogP contribution in [0.3, 0.4) is 0 Å². The van der Waals surface area contributed by atoms with Crippen molar-refractivity contribution in [1.29, 1.82) is 0 Å². The molecule has 0 radical (unpaired) electrons. The van der Waals surface area contributed by atoms with Crippen LogP contribution in [0.5, 0.6) is 5.75 Å². The van der Waals surface area contributed by atoms with Crippen molar-refractivity contribution >= 4 is 23.3 Å². The minimum Gasteiger partial charge on any atom is -0.482 e. The van der Waals surface area contributed by atoms with Crippen LogP contribution in [0.1, 0.15) is 22.1 Å². The molecule has 3 aromatic rings. The SMILES string of the molecule is O=C(O)COc1ccc([C@H]2Nc3ccccc3C(=O)N2c2ccc(F)cc2)cc1. The summed E-state index contributed by atoms with van der Waals surface area (Å²) in [5.74, 6) is -1.25. The average Bonchev–Trinajstić information content (AvgIpc) is 2.73. The summed E-state index contributed by atoms with van der Waals surface area (Å²) in [5, 5.41) is 12.1. The Balaban J connectivity index is 1.71.